The first-order chi connectivity index (χ1) is 14.1. The number of phenolic OH excluding ortho intramolecular Hbond substituents is 1. The fourth-order valence-corrected chi connectivity index (χ4v) is 3.76. The summed E-state index contributed by atoms with van der Waals surface area (Å²) in [6.07, 6.45) is 4.82. The van der Waals surface area contributed by atoms with E-state index in [1.807, 2.05) is 6.07 Å². The number of carbonyl (C=O) groups is 1. The van der Waals surface area contributed by atoms with Crippen LogP contribution in [0.3, 0.4) is 0 Å². The Labute approximate surface area is 172 Å². The smallest absolute Gasteiger partial charge is 0.409 e. The van der Waals surface area contributed by atoms with Crippen LogP contribution in [0.1, 0.15) is 12.8 Å². The topological polar surface area (TPSA) is 100 Å². The molecule has 2 aromatic heterocycles. The molecule has 1 aromatic carbocycles. The summed E-state index contributed by atoms with van der Waals surface area (Å²) in [5.74, 6) is 0.619. The van der Waals surface area contributed by atoms with Crippen LogP contribution in [0.15, 0.2) is 36.7 Å². The van der Waals surface area contributed by atoms with E-state index in [1.54, 1.807) is 29.4 Å². The van der Waals surface area contributed by atoms with Crippen LogP contribution in [0.2, 0.25) is 5.02 Å². The average Bonchev–Trinajstić information content (AvgIpc) is 2.74. The number of piperidine rings is 1. The third-order valence-electron chi connectivity index (χ3n) is 4.99. The molecule has 150 valence electrons. The molecule has 0 unspecified atom stereocenters. The van der Waals surface area contributed by atoms with Gasteiger partial charge in [-0.05, 0) is 37.1 Å². The van der Waals surface area contributed by atoms with Crippen molar-refractivity contribution in [2.75, 3.05) is 25.5 Å². The van der Waals surface area contributed by atoms with Gasteiger partial charge >= 0.3 is 6.09 Å². The summed E-state index contributed by atoms with van der Waals surface area (Å²) in [6, 6.07) is 6.74. The molecule has 9 heteroatoms. The number of rotatable bonds is 3. The van der Waals surface area contributed by atoms with Crippen molar-refractivity contribution < 1.29 is 14.6 Å². The van der Waals surface area contributed by atoms with E-state index in [4.69, 9.17) is 16.3 Å². The molecule has 4 rings (SSSR count). The Balaban J connectivity index is 1.68. The minimum atomic E-state index is -0.331. The Kier molecular flexibility index (Phi) is 5.35. The fourth-order valence-electron chi connectivity index (χ4n) is 3.59. The summed E-state index contributed by atoms with van der Waals surface area (Å²) in [4.78, 5) is 17.7. The van der Waals surface area contributed by atoms with Gasteiger partial charge in [0.2, 0.25) is 0 Å². The van der Waals surface area contributed by atoms with Gasteiger partial charge in [0.15, 0.2) is 5.82 Å². The number of fused-ring (bicyclic) bond motifs is 1. The molecule has 0 spiro atoms. The first-order valence-electron chi connectivity index (χ1n) is 9.25. The lowest BCUT2D eigenvalue weighted by Crippen LogP contribution is -2.45. The maximum Gasteiger partial charge on any atom is 0.409 e. The lowest BCUT2D eigenvalue weighted by molar-refractivity contribution is 0.113. The number of amides is 1. The summed E-state index contributed by atoms with van der Waals surface area (Å²) in [6.45, 7) is 1.20. The largest absolute Gasteiger partial charge is 0.507 e. The van der Waals surface area contributed by atoms with Gasteiger partial charge in [0, 0.05) is 52.9 Å². The monoisotopic (exact) mass is 413 g/mol. The van der Waals surface area contributed by atoms with E-state index in [2.05, 4.69) is 20.5 Å². The van der Waals surface area contributed by atoms with Gasteiger partial charge in [0.05, 0.1) is 7.11 Å². The molecule has 0 aliphatic carbocycles. The Morgan fingerprint density at radius 3 is 2.97 bits per heavy atom. The molecule has 0 bridgehead atoms. The highest BCUT2D eigenvalue weighted by molar-refractivity contribution is 6.30. The highest BCUT2D eigenvalue weighted by atomic mass is 35.5. The highest BCUT2D eigenvalue weighted by Gasteiger charge is 2.25. The number of ether oxygens (including phenoxy) is 1. The lowest BCUT2D eigenvalue weighted by Gasteiger charge is -2.32. The molecule has 29 heavy (non-hydrogen) atoms. The molecule has 2 N–H and O–H groups in total. The molecule has 1 fully saturated rings. The minimum absolute atomic E-state index is 0.0235. The van der Waals surface area contributed by atoms with Gasteiger partial charge in [-0.1, -0.05) is 11.6 Å². The van der Waals surface area contributed by atoms with Gasteiger partial charge in [0.25, 0.3) is 0 Å². The fraction of sp³-hybridized carbons (Fsp3) is 0.300. The molecule has 1 atom stereocenters. The number of methoxy groups -OCH3 is 1. The molecule has 1 saturated heterocycles. The number of carbonyl (C=O) groups excluding carboxylic acids is 1. The van der Waals surface area contributed by atoms with Crippen molar-refractivity contribution in [2.45, 2.75) is 18.9 Å². The third-order valence-corrected chi connectivity index (χ3v) is 5.23. The summed E-state index contributed by atoms with van der Waals surface area (Å²) < 4.78 is 4.83. The standard InChI is InChI=1S/C20H20ClN5O3/c1-29-20(28)26-8-2-3-13(11-26)23-19-16-10-22-7-6-14(16)18(24-25-19)15-5-4-12(21)9-17(15)27/h4-7,9-10,13,27H,2-3,8,11H2,1H3,(H,23,25)/t13-/m1/s1. The van der Waals surface area contributed by atoms with Gasteiger partial charge in [-0.25, -0.2) is 4.79 Å². The zero-order valence-corrected chi connectivity index (χ0v) is 16.6. The molecule has 1 aliphatic heterocycles. The number of aromatic hydroxyl groups is 1. The first-order valence-corrected chi connectivity index (χ1v) is 9.63. The van der Waals surface area contributed by atoms with Crippen LogP contribution in [-0.2, 0) is 4.74 Å². The van der Waals surface area contributed by atoms with Crippen molar-refractivity contribution >= 4 is 34.3 Å². The third kappa shape index (κ3) is 3.88. The van der Waals surface area contributed by atoms with Crippen molar-refractivity contribution in [2.24, 2.45) is 0 Å². The van der Waals surface area contributed by atoms with Crippen LogP contribution >= 0.6 is 11.6 Å². The number of pyridine rings is 1. The van der Waals surface area contributed by atoms with Crippen molar-refractivity contribution in [1.82, 2.24) is 20.1 Å². The number of nitrogens with zero attached hydrogens (tertiary/aromatic N) is 4. The van der Waals surface area contributed by atoms with Gasteiger partial charge in [-0.2, -0.15) is 0 Å². The summed E-state index contributed by atoms with van der Waals surface area (Å²) >= 11 is 5.95. The molecule has 3 aromatic rings. The second-order valence-corrected chi connectivity index (χ2v) is 7.32. The number of likely N-dealkylation sites (tertiary alicyclic amines) is 1. The molecule has 8 nitrogen and oxygen atoms in total. The first kappa shape index (κ1) is 19.2. The number of halogens is 1. The molecule has 0 radical (unpaired) electrons. The van der Waals surface area contributed by atoms with Crippen molar-refractivity contribution in [3.8, 4) is 17.0 Å². The second-order valence-electron chi connectivity index (χ2n) is 6.88. The number of benzene rings is 1. The summed E-state index contributed by atoms with van der Waals surface area (Å²) in [5.41, 5.74) is 1.08. The van der Waals surface area contributed by atoms with Crippen molar-refractivity contribution in [3.63, 3.8) is 0 Å². The van der Waals surface area contributed by atoms with Crippen molar-refractivity contribution in [3.05, 3.63) is 41.7 Å². The summed E-state index contributed by atoms with van der Waals surface area (Å²) in [7, 11) is 1.38. The van der Waals surface area contributed by atoms with Crippen LogP contribution in [0.25, 0.3) is 22.0 Å². The number of hydrogen-bond acceptors (Lipinski definition) is 7. The molecule has 1 amide bonds. The Bertz CT molecular complexity index is 1060. The number of aromatic nitrogens is 3. The second kappa shape index (κ2) is 8.08. The highest BCUT2D eigenvalue weighted by Crippen LogP contribution is 2.35. The number of phenols is 1. The van der Waals surface area contributed by atoms with E-state index < -0.39 is 0 Å². The molecule has 3 heterocycles. The van der Waals surface area contributed by atoms with Gasteiger partial charge in [0.1, 0.15) is 11.4 Å². The quantitative estimate of drug-likeness (QED) is 0.675. The lowest BCUT2D eigenvalue weighted by atomic mass is 10.0. The molecular formula is C20H20ClN5O3. The Hall–Kier alpha value is -3.13. The Morgan fingerprint density at radius 1 is 1.31 bits per heavy atom. The normalized spacial score (nSPS) is 16.6. The van der Waals surface area contributed by atoms with Crippen LogP contribution in [0.4, 0.5) is 10.6 Å². The average molecular weight is 414 g/mol. The van der Waals surface area contributed by atoms with Crippen LogP contribution < -0.4 is 5.32 Å². The van der Waals surface area contributed by atoms with Gasteiger partial charge < -0.3 is 20.1 Å². The molecular weight excluding hydrogens is 394 g/mol. The Morgan fingerprint density at radius 2 is 2.17 bits per heavy atom. The van der Waals surface area contributed by atoms with Gasteiger partial charge in [-0.15, -0.1) is 10.2 Å². The number of nitrogens with one attached hydrogen (secondary N) is 1. The number of hydrogen-bond donors (Lipinski definition) is 2. The zero-order valence-electron chi connectivity index (χ0n) is 15.8. The van der Waals surface area contributed by atoms with E-state index in [0.29, 0.717) is 35.2 Å². The molecule has 0 saturated carbocycles. The van der Waals surface area contributed by atoms with Crippen LogP contribution in [0, 0.1) is 0 Å². The van der Waals surface area contributed by atoms with Crippen LogP contribution in [-0.4, -0.2) is 57.5 Å². The van der Waals surface area contributed by atoms with Gasteiger partial charge in [-0.3, -0.25) is 4.98 Å². The number of anilines is 1. The predicted molar refractivity (Wildman–Crippen MR) is 110 cm³/mol. The predicted octanol–water partition coefficient (Wildman–Crippen LogP) is 3.69. The van der Waals surface area contributed by atoms with E-state index >= 15 is 0 Å². The van der Waals surface area contributed by atoms with E-state index in [1.165, 1.54) is 13.2 Å². The van der Waals surface area contributed by atoms with Crippen LogP contribution in [0.5, 0.6) is 5.75 Å². The maximum atomic E-state index is 11.8. The maximum absolute atomic E-state index is 11.8. The molecule has 1 aliphatic rings. The zero-order chi connectivity index (χ0) is 20.4. The van der Waals surface area contributed by atoms with Crippen molar-refractivity contribution in [1.29, 1.82) is 0 Å². The SMILES string of the molecule is COC(=O)N1CCC[C@@H](Nc2nnc(-c3ccc(Cl)cc3O)c3ccncc23)C1. The van der Waals surface area contributed by atoms with E-state index in [-0.39, 0.29) is 17.9 Å². The summed E-state index contributed by atoms with van der Waals surface area (Å²) in [5, 5.41) is 24.4. The minimum Gasteiger partial charge on any atom is -0.507 e. The van der Waals surface area contributed by atoms with E-state index in [9.17, 15) is 9.90 Å². The van der Waals surface area contributed by atoms with E-state index in [0.717, 1.165) is 23.6 Å².